The highest BCUT2D eigenvalue weighted by atomic mass is 19.4. The lowest BCUT2D eigenvalue weighted by molar-refractivity contribution is -0.137. The highest BCUT2D eigenvalue weighted by Gasteiger charge is 2.30. The highest BCUT2D eigenvalue weighted by Crippen LogP contribution is 2.34. The summed E-state index contributed by atoms with van der Waals surface area (Å²) >= 11 is 0. The molecule has 3 aromatic rings. The van der Waals surface area contributed by atoms with Gasteiger partial charge in [0.2, 0.25) is 0 Å². The molecule has 1 aliphatic rings. The van der Waals surface area contributed by atoms with E-state index >= 15 is 0 Å². The third-order valence-electron chi connectivity index (χ3n) is 7.94. The van der Waals surface area contributed by atoms with Gasteiger partial charge < -0.3 is 9.64 Å². The second-order valence-corrected chi connectivity index (χ2v) is 10.7. The average molecular weight is 534 g/mol. The lowest BCUT2D eigenvalue weighted by atomic mass is 9.92. The number of nitrogens with zero attached hydrogens (tertiary/aromatic N) is 1. The number of halogens is 3. The first kappa shape index (κ1) is 28.5. The van der Waals surface area contributed by atoms with Crippen molar-refractivity contribution < 1.29 is 17.9 Å². The van der Waals surface area contributed by atoms with Crippen LogP contribution in [0, 0.1) is 5.92 Å². The molecule has 0 amide bonds. The van der Waals surface area contributed by atoms with E-state index in [1.165, 1.54) is 41.7 Å². The van der Waals surface area contributed by atoms with Crippen molar-refractivity contribution in [1.29, 1.82) is 0 Å². The number of likely N-dealkylation sites (N-methyl/N-ethyl adjacent to an activating group) is 1. The Morgan fingerprint density at radius 2 is 1.64 bits per heavy atom. The first-order chi connectivity index (χ1) is 18.6. The van der Waals surface area contributed by atoms with E-state index in [2.05, 4.69) is 49.2 Å². The van der Waals surface area contributed by atoms with Gasteiger partial charge in [0, 0.05) is 31.6 Å². The van der Waals surface area contributed by atoms with Gasteiger partial charge in [-0.15, -0.1) is 0 Å². The van der Waals surface area contributed by atoms with Crippen LogP contribution in [0.2, 0.25) is 0 Å². The van der Waals surface area contributed by atoms with Gasteiger partial charge in [0.15, 0.2) is 0 Å². The number of ether oxygens (including phenoxy) is 1. The van der Waals surface area contributed by atoms with Crippen molar-refractivity contribution in [1.82, 2.24) is 4.90 Å². The predicted octanol–water partition coefficient (Wildman–Crippen LogP) is 9.36. The van der Waals surface area contributed by atoms with Gasteiger partial charge in [0.1, 0.15) is 11.9 Å². The van der Waals surface area contributed by atoms with E-state index in [1.807, 2.05) is 37.4 Å². The largest absolute Gasteiger partial charge is 0.486 e. The summed E-state index contributed by atoms with van der Waals surface area (Å²) < 4.78 is 45.1. The van der Waals surface area contributed by atoms with Crippen LogP contribution < -0.4 is 4.74 Å². The molecule has 3 aromatic carbocycles. The fourth-order valence-corrected chi connectivity index (χ4v) is 5.28. The Balaban J connectivity index is 1.37. The molecule has 206 valence electrons. The lowest BCUT2D eigenvalue weighted by Gasteiger charge is -2.29. The van der Waals surface area contributed by atoms with Gasteiger partial charge in [0.05, 0.1) is 5.56 Å². The number of rotatable bonds is 11. The molecular weight excluding hydrogens is 495 g/mol. The van der Waals surface area contributed by atoms with Crippen LogP contribution in [0.15, 0.2) is 103 Å². The third-order valence-corrected chi connectivity index (χ3v) is 7.94. The molecule has 1 saturated carbocycles. The Bertz CT molecular complexity index is 1230. The third kappa shape index (κ3) is 7.56. The summed E-state index contributed by atoms with van der Waals surface area (Å²) in [6.45, 7) is 11.5. The van der Waals surface area contributed by atoms with Gasteiger partial charge in [0.25, 0.3) is 0 Å². The Morgan fingerprint density at radius 1 is 0.974 bits per heavy atom. The molecule has 5 heteroatoms. The molecule has 0 N–H and O–H groups in total. The minimum Gasteiger partial charge on any atom is -0.486 e. The van der Waals surface area contributed by atoms with Crippen LogP contribution >= 0.6 is 0 Å². The maximum atomic E-state index is 13.0. The molecule has 0 aliphatic heterocycles. The van der Waals surface area contributed by atoms with Crippen LogP contribution in [-0.2, 0) is 12.6 Å². The van der Waals surface area contributed by atoms with E-state index in [0.717, 1.165) is 36.2 Å². The zero-order chi connectivity index (χ0) is 28.0. The van der Waals surface area contributed by atoms with Crippen LogP contribution in [-0.4, -0.2) is 18.5 Å². The predicted molar refractivity (Wildman–Crippen MR) is 153 cm³/mol. The van der Waals surface area contributed by atoms with Crippen molar-refractivity contribution in [2.75, 3.05) is 13.6 Å². The van der Waals surface area contributed by atoms with Crippen LogP contribution in [0.5, 0.6) is 5.75 Å². The van der Waals surface area contributed by atoms with Crippen molar-refractivity contribution in [2.45, 2.75) is 57.2 Å². The van der Waals surface area contributed by atoms with Crippen molar-refractivity contribution in [3.63, 3.8) is 0 Å². The van der Waals surface area contributed by atoms with Gasteiger partial charge in [-0.25, -0.2) is 0 Å². The van der Waals surface area contributed by atoms with Crippen molar-refractivity contribution >= 4 is 0 Å². The number of hydrogen-bond acceptors (Lipinski definition) is 2. The Kier molecular flexibility index (Phi) is 9.21. The molecule has 0 bridgehead atoms. The molecule has 1 aliphatic carbocycles. The topological polar surface area (TPSA) is 12.5 Å². The minimum absolute atomic E-state index is 0.150. The number of alkyl halides is 3. The molecule has 0 heterocycles. The van der Waals surface area contributed by atoms with Crippen LogP contribution in [0.3, 0.4) is 0 Å². The Hall–Kier alpha value is -3.47. The second kappa shape index (κ2) is 12.6. The molecule has 3 atom stereocenters. The molecular formula is C34H38F3NO. The van der Waals surface area contributed by atoms with E-state index in [9.17, 15) is 13.2 Å². The number of benzene rings is 3. The summed E-state index contributed by atoms with van der Waals surface area (Å²) in [7, 11) is 2.03. The monoisotopic (exact) mass is 533 g/mol. The second-order valence-electron chi connectivity index (χ2n) is 10.7. The zero-order valence-electron chi connectivity index (χ0n) is 22.9. The summed E-state index contributed by atoms with van der Waals surface area (Å²) in [5, 5.41) is 0. The molecule has 39 heavy (non-hydrogen) atoms. The number of allylic oxidation sites excluding steroid dienone is 2. The van der Waals surface area contributed by atoms with E-state index in [1.54, 1.807) is 0 Å². The standard InChI is InChI=1S/C34H38F3NO/c1-24-9-8-12-30(24)23-27-13-15-28(16-14-27)25(2)26(3)38(4)22-21-33(29-10-6-5-7-11-29)39-32-19-17-31(18-20-32)34(35,36)37/h5-7,10-11,13-20,25,30,33H,1,3,8-9,12,21-23H2,2,4H3/t25?,30?,33-/m1/s1. The van der Waals surface area contributed by atoms with Crippen molar-refractivity contribution in [3.05, 3.63) is 126 Å². The summed E-state index contributed by atoms with van der Waals surface area (Å²) in [5.41, 5.74) is 5.26. The molecule has 0 saturated heterocycles. The van der Waals surface area contributed by atoms with Crippen molar-refractivity contribution in [3.8, 4) is 5.75 Å². The molecule has 0 aromatic heterocycles. The molecule has 1 fully saturated rings. The van der Waals surface area contributed by atoms with Gasteiger partial charge in [-0.2, -0.15) is 13.2 Å². The van der Waals surface area contributed by atoms with Gasteiger partial charge >= 0.3 is 6.18 Å². The van der Waals surface area contributed by atoms with Crippen LogP contribution in [0.4, 0.5) is 13.2 Å². The fraction of sp³-hybridized carbons (Fsp3) is 0.353. The quantitative estimate of drug-likeness (QED) is 0.228. The lowest BCUT2D eigenvalue weighted by Crippen LogP contribution is -2.24. The van der Waals surface area contributed by atoms with E-state index in [-0.39, 0.29) is 12.0 Å². The minimum atomic E-state index is -4.37. The molecule has 2 unspecified atom stereocenters. The van der Waals surface area contributed by atoms with Crippen molar-refractivity contribution in [2.24, 2.45) is 5.92 Å². The van der Waals surface area contributed by atoms with E-state index in [4.69, 9.17) is 4.74 Å². The van der Waals surface area contributed by atoms with Gasteiger partial charge in [-0.05, 0) is 72.6 Å². The van der Waals surface area contributed by atoms with Crippen LogP contribution in [0.25, 0.3) is 0 Å². The average Bonchev–Trinajstić information content (AvgIpc) is 3.34. The summed E-state index contributed by atoms with van der Waals surface area (Å²) in [6, 6.07) is 23.5. The summed E-state index contributed by atoms with van der Waals surface area (Å²) in [5.74, 6) is 1.17. The van der Waals surface area contributed by atoms with Gasteiger partial charge in [-0.3, -0.25) is 0 Å². The molecule has 2 nitrogen and oxygen atoms in total. The zero-order valence-corrected chi connectivity index (χ0v) is 22.9. The Labute approximate surface area is 230 Å². The van der Waals surface area contributed by atoms with E-state index < -0.39 is 11.7 Å². The molecule has 4 rings (SSSR count). The van der Waals surface area contributed by atoms with E-state index in [0.29, 0.717) is 24.6 Å². The maximum Gasteiger partial charge on any atom is 0.416 e. The van der Waals surface area contributed by atoms with Crippen LogP contribution in [0.1, 0.15) is 66.9 Å². The normalized spacial score (nSPS) is 17.1. The SMILES string of the molecule is C=C1CCCC1Cc1ccc(C(C)C(=C)N(C)CC[C@@H](Oc2ccc(C(F)(F)F)cc2)c2ccccc2)cc1. The highest BCUT2D eigenvalue weighted by molar-refractivity contribution is 5.32. The first-order valence-electron chi connectivity index (χ1n) is 13.7. The smallest absolute Gasteiger partial charge is 0.416 e. The number of hydrogen-bond donors (Lipinski definition) is 0. The fourth-order valence-electron chi connectivity index (χ4n) is 5.28. The molecule has 0 spiro atoms. The maximum absolute atomic E-state index is 13.0. The summed E-state index contributed by atoms with van der Waals surface area (Å²) in [4.78, 5) is 2.15. The summed E-state index contributed by atoms with van der Waals surface area (Å²) in [6.07, 6.45) is 0.690. The first-order valence-corrected chi connectivity index (χ1v) is 13.7. The molecule has 0 radical (unpaired) electrons. The Morgan fingerprint density at radius 3 is 2.23 bits per heavy atom. The van der Waals surface area contributed by atoms with Gasteiger partial charge in [-0.1, -0.05) is 80.3 Å².